The summed E-state index contributed by atoms with van der Waals surface area (Å²) in [6.45, 7) is 6.31. The van der Waals surface area contributed by atoms with Crippen LogP contribution in [0.3, 0.4) is 0 Å². The molecule has 230 valence electrons. The standard InChI is InChI=1S/C23H31N3O4.2C2H2O4/c1-17(23(27)24-19-6-5-7-20(15-19)28-2)26-12-10-25(11-13-26)16-18-8-9-21(29-3)22(14-18)30-4;2*3-1(4)2(5)6/h5-9,14-15,17H,10-13,16H2,1-4H3,(H,24,27);2*(H,3,4)(H,5,6). The summed E-state index contributed by atoms with van der Waals surface area (Å²) in [4.78, 5) is 53.7. The molecule has 1 fully saturated rings. The van der Waals surface area contributed by atoms with Crippen molar-refractivity contribution in [1.82, 2.24) is 9.80 Å². The van der Waals surface area contributed by atoms with Crippen LogP contribution in [0.15, 0.2) is 42.5 Å². The SMILES string of the molecule is COc1cccc(NC(=O)C(C)N2CCN(Cc3ccc(OC)c(OC)c3)CC2)c1.O=C(O)C(=O)O.O=C(O)C(=O)O. The molecule has 2 aromatic carbocycles. The molecule has 1 atom stereocenters. The number of nitrogens with one attached hydrogen (secondary N) is 1. The molecule has 1 aliphatic rings. The van der Waals surface area contributed by atoms with Gasteiger partial charge in [-0.2, -0.15) is 0 Å². The second-order valence-corrected chi connectivity index (χ2v) is 8.62. The Morgan fingerprint density at radius 1 is 0.762 bits per heavy atom. The monoisotopic (exact) mass is 593 g/mol. The van der Waals surface area contributed by atoms with E-state index in [4.69, 9.17) is 53.8 Å². The summed E-state index contributed by atoms with van der Waals surface area (Å²) in [5, 5.41) is 32.6. The van der Waals surface area contributed by atoms with E-state index in [2.05, 4.69) is 21.2 Å². The van der Waals surface area contributed by atoms with Crippen molar-refractivity contribution in [3.8, 4) is 17.2 Å². The Morgan fingerprint density at radius 3 is 1.79 bits per heavy atom. The number of nitrogens with zero attached hydrogens (tertiary/aromatic N) is 2. The van der Waals surface area contributed by atoms with E-state index in [1.807, 2.05) is 43.3 Å². The fourth-order valence-electron chi connectivity index (χ4n) is 3.66. The van der Waals surface area contributed by atoms with E-state index in [1.165, 1.54) is 5.56 Å². The third-order valence-corrected chi connectivity index (χ3v) is 5.89. The Labute approximate surface area is 241 Å². The summed E-state index contributed by atoms with van der Waals surface area (Å²) in [5.41, 5.74) is 1.93. The van der Waals surface area contributed by atoms with Crippen LogP contribution >= 0.6 is 0 Å². The molecule has 1 unspecified atom stereocenters. The minimum atomic E-state index is -1.82. The van der Waals surface area contributed by atoms with Crippen molar-refractivity contribution in [3.05, 3.63) is 48.0 Å². The number of amides is 1. The largest absolute Gasteiger partial charge is 0.497 e. The lowest BCUT2D eigenvalue weighted by atomic mass is 10.1. The molecule has 3 rings (SSSR count). The predicted octanol–water partition coefficient (Wildman–Crippen LogP) is 1.17. The fourth-order valence-corrected chi connectivity index (χ4v) is 3.66. The maximum absolute atomic E-state index is 12.7. The number of anilines is 1. The summed E-state index contributed by atoms with van der Waals surface area (Å²) in [6.07, 6.45) is 0. The van der Waals surface area contributed by atoms with Gasteiger partial charge in [-0.3, -0.25) is 14.6 Å². The quantitative estimate of drug-likeness (QED) is 0.272. The first kappa shape index (κ1) is 35.1. The fraction of sp³-hybridized carbons (Fsp3) is 0.370. The molecule has 15 nitrogen and oxygen atoms in total. The van der Waals surface area contributed by atoms with Gasteiger partial charge in [-0.1, -0.05) is 12.1 Å². The van der Waals surface area contributed by atoms with E-state index in [9.17, 15) is 4.79 Å². The zero-order valence-corrected chi connectivity index (χ0v) is 23.6. The molecule has 5 N–H and O–H groups in total. The number of hydrogen-bond acceptors (Lipinski definition) is 10. The Bertz CT molecular complexity index is 1180. The van der Waals surface area contributed by atoms with Gasteiger partial charge >= 0.3 is 23.9 Å². The van der Waals surface area contributed by atoms with Crippen LogP contribution in [-0.4, -0.2) is 114 Å². The number of ether oxygens (including phenoxy) is 3. The van der Waals surface area contributed by atoms with Gasteiger partial charge in [-0.15, -0.1) is 0 Å². The third kappa shape index (κ3) is 12.1. The molecule has 42 heavy (non-hydrogen) atoms. The number of carboxylic acid groups (broad SMARTS) is 4. The maximum atomic E-state index is 12.7. The second kappa shape index (κ2) is 17.7. The molecular weight excluding hydrogens is 558 g/mol. The van der Waals surface area contributed by atoms with E-state index in [-0.39, 0.29) is 11.9 Å². The van der Waals surface area contributed by atoms with Gasteiger partial charge in [0.25, 0.3) is 0 Å². The molecule has 0 aliphatic carbocycles. The first-order valence-electron chi connectivity index (χ1n) is 12.4. The van der Waals surface area contributed by atoms with Crippen LogP contribution in [0.1, 0.15) is 12.5 Å². The Morgan fingerprint density at radius 2 is 1.31 bits per heavy atom. The van der Waals surface area contributed by atoms with Gasteiger partial charge in [0, 0.05) is 44.5 Å². The Kier molecular flexibility index (Phi) is 14.8. The number of carbonyl (C=O) groups excluding carboxylic acids is 1. The lowest BCUT2D eigenvalue weighted by molar-refractivity contribution is -0.159. The zero-order chi connectivity index (χ0) is 31.8. The smallest absolute Gasteiger partial charge is 0.414 e. The predicted molar refractivity (Wildman–Crippen MR) is 148 cm³/mol. The number of piperazine rings is 1. The van der Waals surface area contributed by atoms with Gasteiger partial charge in [-0.05, 0) is 36.8 Å². The molecule has 1 aliphatic heterocycles. The van der Waals surface area contributed by atoms with Crippen molar-refractivity contribution in [2.24, 2.45) is 0 Å². The molecule has 0 aromatic heterocycles. The number of benzene rings is 2. The van der Waals surface area contributed by atoms with Crippen LogP contribution in [-0.2, 0) is 30.5 Å². The third-order valence-electron chi connectivity index (χ3n) is 5.89. The van der Waals surface area contributed by atoms with E-state index >= 15 is 0 Å². The van der Waals surface area contributed by atoms with Crippen LogP contribution in [0.4, 0.5) is 5.69 Å². The molecule has 15 heteroatoms. The van der Waals surface area contributed by atoms with Crippen LogP contribution in [0.5, 0.6) is 17.2 Å². The lowest BCUT2D eigenvalue weighted by Gasteiger charge is -2.37. The van der Waals surface area contributed by atoms with Gasteiger partial charge in [0.2, 0.25) is 5.91 Å². The summed E-state index contributed by atoms with van der Waals surface area (Å²) >= 11 is 0. The normalized spacial score (nSPS) is 13.5. The van der Waals surface area contributed by atoms with Crippen molar-refractivity contribution in [2.45, 2.75) is 19.5 Å². The number of rotatable bonds is 8. The summed E-state index contributed by atoms with van der Waals surface area (Å²) in [7, 11) is 4.91. The first-order valence-corrected chi connectivity index (χ1v) is 12.4. The molecular formula is C27H35N3O12. The van der Waals surface area contributed by atoms with Crippen molar-refractivity contribution in [1.29, 1.82) is 0 Å². The minimum absolute atomic E-state index is 0.00315. The summed E-state index contributed by atoms with van der Waals surface area (Å²) in [5.74, 6) is -5.09. The Balaban J connectivity index is 0.000000618. The van der Waals surface area contributed by atoms with Crippen molar-refractivity contribution >= 4 is 35.5 Å². The lowest BCUT2D eigenvalue weighted by Crippen LogP contribution is -2.52. The van der Waals surface area contributed by atoms with Gasteiger partial charge in [0.1, 0.15) is 5.75 Å². The molecule has 0 bridgehead atoms. The molecule has 0 saturated carbocycles. The van der Waals surface area contributed by atoms with Crippen molar-refractivity contribution in [2.75, 3.05) is 52.8 Å². The molecule has 2 aromatic rings. The topological polar surface area (TPSA) is 212 Å². The van der Waals surface area contributed by atoms with E-state index in [1.54, 1.807) is 21.3 Å². The maximum Gasteiger partial charge on any atom is 0.414 e. The highest BCUT2D eigenvalue weighted by Crippen LogP contribution is 2.28. The van der Waals surface area contributed by atoms with Crippen molar-refractivity contribution < 1.29 is 58.6 Å². The molecule has 1 saturated heterocycles. The number of hydrogen-bond donors (Lipinski definition) is 5. The highest BCUT2D eigenvalue weighted by Gasteiger charge is 2.26. The number of aliphatic carboxylic acids is 4. The van der Waals surface area contributed by atoms with Crippen LogP contribution in [0, 0.1) is 0 Å². The molecule has 0 spiro atoms. The first-order chi connectivity index (χ1) is 19.8. The van der Waals surface area contributed by atoms with Gasteiger partial charge < -0.3 is 40.0 Å². The van der Waals surface area contributed by atoms with Crippen LogP contribution in [0.25, 0.3) is 0 Å². The average molecular weight is 594 g/mol. The molecule has 1 heterocycles. The number of methoxy groups -OCH3 is 3. The van der Waals surface area contributed by atoms with Crippen molar-refractivity contribution in [3.63, 3.8) is 0 Å². The zero-order valence-electron chi connectivity index (χ0n) is 23.6. The number of carbonyl (C=O) groups is 5. The summed E-state index contributed by atoms with van der Waals surface area (Å²) < 4.78 is 15.9. The minimum Gasteiger partial charge on any atom is -0.497 e. The molecule has 1 amide bonds. The highest BCUT2D eigenvalue weighted by atomic mass is 16.5. The highest BCUT2D eigenvalue weighted by molar-refractivity contribution is 6.27. The van der Waals surface area contributed by atoms with Crippen LogP contribution in [0.2, 0.25) is 0 Å². The van der Waals surface area contributed by atoms with E-state index < -0.39 is 23.9 Å². The van der Waals surface area contributed by atoms with E-state index in [0.29, 0.717) is 0 Å². The second-order valence-electron chi connectivity index (χ2n) is 8.62. The van der Waals surface area contributed by atoms with Gasteiger partial charge in [0.05, 0.1) is 27.4 Å². The summed E-state index contributed by atoms with van der Waals surface area (Å²) in [6, 6.07) is 13.3. The molecule has 0 radical (unpaired) electrons. The van der Waals surface area contributed by atoms with Gasteiger partial charge in [0.15, 0.2) is 11.5 Å². The van der Waals surface area contributed by atoms with E-state index in [0.717, 1.165) is 55.7 Å². The average Bonchev–Trinajstić information content (AvgIpc) is 2.97. The number of carboxylic acids is 4. The van der Waals surface area contributed by atoms with Gasteiger partial charge in [-0.25, -0.2) is 19.2 Å². The van der Waals surface area contributed by atoms with Crippen LogP contribution < -0.4 is 19.5 Å². The Hall–Kier alpha value is -4.89.